The van der Waals surface area contributed by atoms with Crippen LogP contribution in [0.5, 0.6) is 0 Å². The van der Waals surface area contributed by atoms with Crippen molar-refractivity contribution in [2.75, 3.05) is 23.7 Å². The van der Waals surface area contributed by atoms with Gasteiger partial charge in [0.1, 0.15) is 5.15 Å². The number of nitrogens with two attached hydrogens (primary N) is 1. The predicted molar refractivity (Wildman–Crippen MR) is 66.8 cm³/mol. The van der Waals surface area contributed by atoms with E-state index in [1.807, 2.05) is 6.07 Å². The van der Waals surface area contributed by atoms with Crippen LogP contribution in [0.2, 0.25) is 5.15 Å². The van der Waals surface area contributed by atoms with Gasteiger partial charge in [0, 0.05) is 19.2 Å². The molecule has 0 amide bonds. The molecule has 0 aromatic carbocycles. The first-order valence-corrected chi connectivity index (χ1v) is 6.22. The van der Waals surface area contributed by atoms with Gasteiger partial charge in [-0.15, -0.1) is 0 Å². The zero-order chi connectivity index (χ0) is 11.2. The third-order valence-electron chi connectivity index (χ3n) is 4.00. The van der Waals surface area contributed by atoms with Gasteiger partial charge in [-0.2, -0.15) is 0 Å². The van der Waals surface area contributed by atoms with E-state index in [2.05, 4.69) is 9.88 Å². The summed E-state index contributed by atoms with van der Waals surface area (Å²) in [6.45, 7) is 2.20. The summed E-state index contributed by atoms with van der Waals surface area (Å²) < 4.78 is 0. The van der Waals surface area contributed by atoms with Gasteiger partial charge in [0.05, 0.1) is 17.6 Å². The Kier molecular flexibility index (Phi) is 2.25. The minimum absolute atomic E-state index is 0.524. The Labute approximate surface area is 101 Å². The lowest BCUT2D eigenvalue weighted by molar-refractivity contribution is 0.384. The summed E-state index contributed by atoms with van der Waals surface area (Å²) >= 11 is 5.91. The fraction of sp³-hybridized carbons (Fsp3) is 0.583. The molecule has 1 saturated carbocycles. The first kappa shape index (κ1) is 10.2. The zero-order valence-corrected chi connectivity index (χ0v) is 10.0. The lowest BCUT2D eigenvalue weighted by atomic mass is 9.93. The first-order valence-electron chi connectivity index (χ1n) is 5.85. The molecule has 2 heterocycles. The highest BCUT2D eigenvalue weighted by molar-refractivity contribution is 6.29. The molecule has 3 nitrogen and oxygen atoms in total. The maximum Gasteiger partial charge on any atom is 0.131 e. The highest BCUT2D eigenvalue weighted by Crippen LogP contribution is 2.54. The molecule has 0 unspecified atom stereocenters. The van der Waals surface area contributed by atoms with Gasteiger partial charge in [-0.25, -0.2) is 4.98 Å². The highest BCUT2D eigenvalue weighted by Gasteiger charge is 2.44. The van der Waals surface area contributed by atoms with Gasteiger partial charge in [-0.1, -0.05) is 11.6 Å². The molecule has 0 bridgehead atoms. The number of piperidine rings is 1. The Morgan fingerprint density at radius 1 is 1.25 bits per heavy atom. The molecule has 2 N–H and O–H groups in total. The molecule has 1 aliphatic heterocycles. The maximum atomic E-state index is 5.94. The zero-order valence-electron chi connectivity index (χ0n) is 9.25. The molecule has 0 atom stereocenters. The molecule has 1 aliphatic carbocycles. The average Bonchev–Trinajstić information content (AvgIpc) is 3.03. The van der Waals surface area contributed by atoms with Crippen molar-refractivity contribution in [1.29, 1.82) is 0 Å². The third-order valence-corrected chi connectivity index (χ3v) is 4.21. The molecule has 86 valence electrons. The molecule has 4 heteroatoms. The molecular formula is C12H16ClN3. The van der Waals surface area contributed by atoms with Crippen LogP contribution in [0.4, 0.5) is 11.4 Å². The second kappa shape index (κ2) is 3.52. The summed E-state index contributed by atoms with van der Waals surface area (Å²) in [7, 11) is 0. The topological polar surface area (TPSA) is 42.1 Å². The monoisotopic (exact) mass is 237 g/mol. The van der Waals surface area contributed by atoms with Crippen molar-refractivity contribution >= 4 is 23.0 Å². The minimum atomic E-state index is 0.524. The van der Waals surface area contributed by atoms with Crippen LogP contribution in [-0.2, 0) is 0 Å². The highest BCUT2D eigenvalue weighted by atomic mass is 35.5. The van der Waals surface area contributed by atoms with Crippen LogP contribution < -0.4 is 10.6 Å². The van der Waals surface area contributed by atoms with E-state index in [-0.39, 0.29) is 0 Å². The smallest absolute Gasteiger partial charge is 0.131 e. The molecule has 2 aliphatic rings. The SMILES string of the molecule is Nc1cnc(Cl)cc1N1CCC2(CC1)CC2. The number of aromatic nitrogens is 1. The number of pyridine rings is 1. The second-order valence-electron chi connectivity index (χ2n) is 5.05. The van der Waals surface area contributed by atoms with E-state index in [1.165, 1.54) is 25.7 Å². The van der Waals surface area contributed by atoms with E-state index in [9.17, 15) is 0 Å². The van der Waals surface area contributed by atoms with Crippen LogP contribution in [0, 0.1) is 5.41 Å². The van der Waals surface area contributed by atoms with E-state index >= 15 is 0 Å². The average molecular weight is 238 g/mol. The Morgan fingerprint density at radius 3 is 2.56 bits per heavy atom. The minimum Gasteiger partial charge on any atom is -0.396 e. The number of hydrogen-bond donors (Lipinski definition) is 1. The second-order valence-corrected chi connectivity index (χ2v) is 5.44. The number of anilines is 2. The Morgan fingerprint density at radius 2 is 1.94 bits per heavy atom. The molecule has 1 aromatic rings. The lowest BCUT2D eigenvalue weighted by Crippen LogP contribution is -2.34. The Balaban J connectivity index is 1.79. The van der Waals surface area contributed by atoms with Gasteiger partial charge in [-0.05, 0) is 31.1 Å². The quantitative estimate of drug-likeness (QED) is 0.764. The maximum absolute atomic E-state index is 5.94. The van der Waals surface area contributed by atoms with E-state index in [0.29, 0.717) is 10.6 Å². The van der Waals surface area contributed by atoms with Crippen LogP contribution in [0.3, 0.4) is 0 Å². The number of nitrogen functional groups attached to an aromatic ring is 1. The molecule has 1 aromatic heterocycles. The fourth-order valence-corrected chi connectivity index (χ4v) is 2.76. The summed E-state index contributed by atoms with van der Waals surface area (Å²) in [5.41, 5.74) is 8.42. The van der Waals surface area contributed by atoms with Crippen molar-refractivity contribution in [2.45, 2.75) is 25.7 Å². The van der Waals surface area contributed by atoms with Crippen molar-refractivity contribution in [1.82, 2.24) is 4.98 Å². The summed E-state index contributed by atoms with van der Waals surface area (Å²) in [6.07, 6.45) is 7.10. The summed E-state index contributed by atoms with van der Waals surface area (Å²) in [4.78, 5) is 6.33. The number of nitrogens with zero attached hydrogens (tertiary/aromatic N) is 2. The number of rotatable bonds is 1. The number of halogens is 1. The van der Waals surface area contributed by atoms with Crippen molar-refractivity contribution in [3.05, 3.63) is 17.4 Å². The molecule has 16 heavy (non-hydrogen) atoms. The van der Waals surface area contributed by atoms with Crippen LogP contribution in [0.15, 0.2) is 12.3 Å². The molecule has 1 spiro atoms. The van der Waals surface area contributed by atoms with Crippen molar-refractivity contribution in [3.8, 4) is 0 Å². The van der Waals surface area contributed by atoms with Gasteiger partial charge in [0.15, 0.2) is 0 Å². The van der Waals surface area contributed by atoms with Gasteiger partial charge >= 0.3 is 0 Å². The summed E-state index contributed by atoms with van der Waals surface area (Å²) in [5.74, 6) is 0. The van der Waals surface area contributed by atoms with Gasteiger partial charge in [0.2, 0.25) is 0 Å². The normalized spacial score (nSPS) is 22.4. The van der Waals surface area contributed by atoms with Crippen molar-refractivity contribution in [3.63, 3.8) is 0 Å². The predicted octanol–water partition coefficient (Wildman–Crippen LogP) is 2.70. The van der Waals surface area contributed by atoms with Crippen molar-refractivity contribution < 1.29 is 0 Å². The Bertz CT molecular complexity index is 405. The Hall–Kier alpha value is -0.960. The summed E-state index contributed by atoms with van der Waals surface area (Å²) in [6, 6.07) is 1.88. The first-order chi connectivity index (χ1) is 7.69. The third kappa shape index (κ3) is 1.73. The van der Waals surface area contributed by atoms with Crippen LogP contribution in [0.1, 0.15) is 25.7 Å². The lowest BCUT2D eigenvalue weighted by Gasteiger charge is -2.34. The molecule has 0 radical (unpaired) electrons. The van der Waals surface area contributed by atoms with Gasteiger partial charge < -0.3 is 10.6 Å². The molecule has 3 rings (SSSR count). The van der Waals surface area contributed by atoms with Gasteiger partial charge in [0.25, 0.3) is 0 Å². The van der Waals surface area contributed by atoms with Gasteiger partial charge in [-0.3, -0.25) is 0 Å². The van der Waals surface area contributed by atoms with E-state index < -0.39 is 0 Å². The number of hydrogen-bond acceptors (Lipinski definition) is 3. The molecule has 1 saturated heterocycles. The largest absolute Gasteiger partial charge is 0.396 e. The van der Waals surface area contributed by atoms with Crippen molar-refractivity contribution in [2.24, 2.45) is 5.41 Å². The molecule has 2 fully saturated rings. The van der Waals surface area contributed by atoms with Crippen LogP contribution in [-0.4, -0.2) is 18.1 Å². The summed E-state index contributed by atoms with van der Waals surface area (Å²) in [5, 5.41) is 0.524. The van der Waals surface area contributed by atoms with E-state index in [1.54, 1.807) is 6.20 Å². The van der Waals surface area contributed by atoms with E-state index in [4.69, 9.17) is 17.3 Å². The van der Waals surface area contributed by atoms with Crippen LogP contribution >= 0.6 is 11.6 Å². The standard InChI is InChI=1S/C12H16ClN3/c13-11-7-10(9(14)8-15-11)16-5-3-12(1-2-12)4-6-16/h7-8H,1-6,14H2. The van der Waals surface area contributed by atoms with Crippen LogP contribution in [0.25, 0.3) is 0 Å². The molecular weight excluding hydrogens is 222 g/mol. The van der Waals surface area contributed by atoms with E-state index in [0.717, 1.165) is 24.5 Å². The fourth-order valence-electron chi connectivity index (χ4n) is 2.60.